The molecule has 6 nitrogen and oxygen atoms in total. The molecule has 0 aliphatic carbocycles. The second-order valence-electron chi connectivity index (χ2n) is 14.3. The maximum absolute atomic E-state index is 10.6. The quantitative estimate of drug-likeness (QED) is 0.181. The summed E-state index contributed by atoms with van der Waals surface area (Å²) in [6.45, 7) is 0. The average molecular weight is 725 g/mol. The smallest absolute Gasteiger partial charge is 0.0992 e. The van der Waals surface area contributed by atoms with Crippen LogP contribution in [0.4, 0.5) is 0 Å². The molecule has 0 aliphatic heterocycles. The van der Waals surface area contributed by atoms with Crippen LogP contribution < -0.4 is 0 Å². The van der Waals surface area contributed by atoms with Crippen LogP contribution in [0.25, 0.3) is 93.6 Å². The molecule has 0 unspecified atom stereocenters. The van der Waals surface area contributed by atoms with Crippen LogP contribution in [0.1, 0.15) is 16.7 Å². The fourth-order valence-electron chi connectivity index (χ4n) is 8.94. The Balaban J connectivity index is 1.20. The van der Waals surface area contributed by atoms with Crippen LogP contribution in [-0.4, -0.2) is 13.7 Å². The van der Waals surface area contributed by atoms with Gasteiger partial charge in [0.1, 0.15) is 0 Å². The Kier molecular flexibility index (Phi) is 6.95. The largest absolute Gasteiger partial charge is 0.309 e. The lowest BCUT2D eigenvalue weighted by Crippen LogP contribution is -2.00. The number of para-hydroxylation sites is 4. The molecule has 8 aromatic carbocycles. The third-order valence-electron chi connectivity index (χ3n) is 11.3. The molecule has 0 bridgehead atoms. The first kappa shape index (κ1) is 32.1. The molecular weight excluding hydrogens is 697 g/mol. The van der Waals surface area contributed by atoms with Crippen LogP contribution in [0.15, 0.2) is 170 Å². The third kappa shape index (κ3) is 4.68. The number of hydrogen-bond donors (Lipinski definition) is 0. The van der Waals surface area contributed by atoms with Gasteiger partial charge < -0.3 is 13.7 Å². The van der Waals surface area contributed by atoms with E-state index in [1.54, 1.807) is 0 Å². The summed E-state index contributed by atoms with van der Waals surface area (Å²) in [7, 11) is 0. The Morgan fingerprint density at radius 3 is 1.47 bits per heavy atom. The van der Waals surface area contributed by atoms with E-state index in [-0.39, 0.29) is 0 Å². The summed E-state index contributed by atoms with van der Waals surface area (Å²) >= 11 is 0. The SMILES string of the molecule is N#Cc1cc(-c2ccccc2-n2c3ccccc3c3cc(C#N)ccc32)cc(-n2c3ccc(C#N)cc3c3c(-n4c5ccccc5c5ccccc54)cccc32)c1. The van der Waals surface area contributed by atoms with Gasteiger partial charge in [-0.3, -0.25) is 0 Å². The second-order valence-corrected chi connectivity index (χ2v) is 14.3. The molecule has 6 heteroatoms. The van der Waals surface area contributed by atoms with Crippen molar-refractivity contribution in [1.82, 2.24) is 13.7 Å². The van der Waals surface area contributed by atoms with Crippen LogP contribution in [0.3, 0.4) is 0 Å². The Labute approximate surface area is 326 Å². The molecule has 11 rings (SSSR count). The van der Waals surface area contributed by atoms with E-state index in [1.165, 1.54) is 10.8 Å². The number of rotatable bonds is 4. The van der Waals surface area contributed by atoms with Gasteiger partial charge >= 0.3 is 0 Å². The first-order chi connectivity index (χ1) is 28.1. The molecule has 57 heavy (non-hydrogen) atoms. The summed E-state index contributed by atoms with van der Waals surface area (Å²) in [6.07, 6.45) is 0. The van der Waals surface area contributed by atoms with Crippen LogP contribution in [0, 0.1) is 34.0 Å². The first-order valence-electron chi connectivity index (χ1n) is 18.7. The summed E-state index contributed by atoms with van der Waals surface area (Å²) in [4.78, 5) is 0. The summed E-state index contributed by atoms with van der Waals surface area (Å²) in [6, 6.07) is 64.8. The highest BCUT2D eigenvalue weighted by atomic mass is 15.0. The molecule has 262 valence electrons. The predicted octanol–water partition coefficient (Wildman–Crippen LogP) is 12.3. The van der Waals surface area contributed by atoms with Crippen molar-refractivity contribution in [1.29, 1.82) is 15.8 Å². The number of benzene rings is 8. The van der Waals surface area contributed by atoms with E-state index >= 15 is 0 Å². The first-order valence-corrected chi connectivity index (χ1v) is 18.7. The minimum Gasteiger partial charge on any atom is -0.309 e. The van der Waals surface area contributed by atoms with Crippen molar-refractivity contribution >= 4 is 65.4 Å². The van der Waals surface area contributed by atoms with E-state index in [0.29, 0.717) is 16.7 Å². The van der Waals surface area contributed by atoms with Crippen LogP contribution >= 0.6 is 0 Å². The van der Waals surface area contributed by atoms with E-state index in [1.807, 2.05) is 72.8 Å². The number of nitriles is 3. The molecule has 0 amide bonds. The molecule has 0 aliphatic rings. The maximum Gasteiger partial charge on any atom is 0.0992 e. The Bertz CT molecular complexity index is 3580. The zero-order valence-electron chi connectivity index (χ0n) is 30.3. The van der Waals surface area contributed by atoms with Crippen molar-refractivity contribution in [2.45, 2.75) is 0 Å². The molecule has 0 spiro atoms. The van der Waals surface area contributed by atoms with Crippen molar-refractivity contribution in [3.05, 3.63) is 187 Å². The number of nitrogens with zero attached hydrogens (tertiary/aromatic N) is 6. The molecule has 11 aromatic rings. The lowest BCUT2D eigenvalue weighted by molar-refractivity contribution is 1.16. The van der Waals surface area contributed by atoms with E-state index in [4.69, 9.17) is 0 Å². The molecule has 0 N–H and O–H groups in total. The highest BCUT2D eigenvalue weighted by Crippen LogP contribution is 2.42. The minimum absolute atomic E-state index is 0.528. The van der Waals surface area contributed by atoms with Crippen molar-refractivity contribution in [2.75, 3.05) is 0 Å². The standard InChI is InChI=1S/C51H28N6/c52-29-32-20-22-47-41(26-32)40-13-4-8-17-46(40)56(47)43-14-5-1-10-37(43)35-24-34(31-54)25-36(28-35)55-48-23-21-33(30-53)27-42(48)51-49(55)18-9-19-50(51)57-44-15-6-2-11-38(44)39-12-3-7-16-45(39)57/h1-28H. The highest BCUT2D eigenvalue weighted by molar-refractivity contribution is 6.17. The van der Waals surface area contributed by atoms with Gasteiger partial charge in [-0.1, -0.05) is 78.9 Å². The maximum atomic E-state index is 10.6. The molecule has 0 atom stereocenters. The van der Waals surface area contributed by atoms with E-state index in [0.717, 1.165) is 82.8 Å². The molecule has 0 saturated heterocycles. The van der Waals surface area contributed by atoms with Crippen LogP contribution in [-0.2, 0) is 0 Å². The zero-order chi connectivity index (χ0) is 38.2. The van der Waals surface area contributed by atoms with Gasteiger partial charge in [0.05, 0.1) is 79.4 Å². The van der Waals surface area contributed by atoms with Crippen molar-refractivity contribution in [2.24, 2.45) is 0 Å². The van der Waals surface area contributed by atoms with Crippen molar-refractivity contribution in [3.63, 3.8) is 0 Å². The Hall–Kier alpha value is -8.37. The summed E-state index contributed by atoms with van der Waals surface area (Å²) < 4.78 is 6.80. The van der Waals surface area contributed by atoms with Crippen molar-refractivity contribution < 1.29 is 0 Å². The highest BCUT2D eigenvalue weighted by Gasteiger charge is 2.22. The van der Waals surface area contributed by atoms with E-state index < -0.39 is 0 Å². The van der Waals surface area contributed by atoms with Gasteiger partial charge in [0.15, 0.2) is 0 Å². The summed E-state index contributed by atoms with van der Waals surface area (Å²) in [5.74, 6) is 0. The van der Waals surface area contributed by atoms with Gasteiger partial charge in [0.25, 0.3) is 0 Å². The molecule has 0 saturated carbocycles. The molecule has 0 fully saturated rings. The van der Waals surface area contributed by atoms with Crippen LogP contribution in [0.2, 0.25) is 0 Å². The lowest BCUT2D eigenvalue weighted by Gasteiger charge is -2.16. The van der Waals surface area contributed by atoms with Gasteiger partial charge in [-0.25, -0.2) is 0 Å². The van der Waals surface area contributed by atoms with Gasteiger partial charge in [-0.2, -0.15) is 15.8 Å². The van der Waals surface area contributed by atoms with E-state index in [9.17, 15) is 15.8 Å². The normalized spacial score (nSPS) is 11.5. The predicted molar refractivity (Wildman–Crippen MR) is 229 cm³/mol. The van der Waals surface area contributed by atoms with Crippen LogP contribution in [0.5, 0.6) is 0 Å². The topological polar surface area (TPSA) is 86.2 Å². The minimum atomic E-state index is 0.528. The fraction of sp³-hybridized carbons (Fsp3) is 0. The molecule has 0 radical (unpaired) electrons. The monoisotopic (exact) mass is 724 g/mol. The second kappa shape index (κ2) is 12.3. The third-order valence-corrected chi connectivity index (χ3v) is 11.3. The molecule has 3 aromatic heterocycles. The molecule has 3 heterocycles. The number of aromatic nitrogens is 3. The number of fused-ring (bicyclic) bond motifs is 9. The van der Waals surface area contributed by atoms with Gasteiger partial charge in [-0.05, 0) is 96.6 Å². The van der Waals surface area contributed by atoms with Crippen molar-refractivity contribution in [3.8, 4) is 46.4 Å². The molecular formula is C51H28N6. The van der Waals surface area contributed by atoms with Gasteiger partial charge in [0, 0.05) is 43.6 Å². The van der Waals surface area contributed by atoms with E-state index in [2.05, 4.69) is 129 Å². The summed E-state index contributed by atoms with van der Waals surface area (Å²) in [5.41, 5.74) is 12.5. The zero-order valence-corrected chi connectivity index (χ0v) is 30.3. The number of hydrogen-bond acceptors (Lipinski definition) is 3. The Morgan fingerprint density at radius 2 is 0.825 bits per heavy atom. The van der Waals surface area contributed by atoms with Gasteiger partial charge in [0.2, 0.25) is 0 Å². The lowest BCUT2D eigenvalue weighted by atomic mass is 10.00. The summed E-state index contributed by atoms with van der Waals surface area (Å²) in [5, 5.41) is 36.8. The van der Waals surface area contributed by atoms with Gasteiger partial charge in [-0.15, -0.1) is 0 Å². The Morgan fingerprint density at radius 1 is 0.333 bits per heavy atom. The average Bonchev–Trinajstić information content (AvgIpc) is 3.91. The fourth-order valence-corrected chi connectivity index (χ4v) is 8.94.